The van der Waals surface area contributed by atoms with Crippen molar-refractivity contribution < 1.29 is 4.74 Å². The molecule has 5 heteroatoms. The molecule has 0 fully saturated rings. The first-order valence-corrected chi connectivity index (χ1v) is 8.79. The molecular formula is C19H21N3OS. The highest BCUT2D eigenvalue weighted by Gasteiger charge is 2.08. The lowest BCUT2D eigenvalue weighted by Crippen LogP contribution is -2.12. The number of hydrogen-bond donors (Lipinski definition) is 2. The lowest BCUT2D eigenvalue weighted by Gasteiger charge is -2.08. The van der Waals surface area contributed by atoms with Crippen molar-refractivity contribution in [2.24, 2.45) is 0 Å². The maximum Gasteiger partial charge on any atom is 0.187 e. The highest BCUT2D eigenvalue weighted by molar-refractivity contribution is 7.13. The molecule has 0 bridgehead atoms. The van der Waals surface area contributed by atoms with Crippen molar-refractivity contribution in [1.82, 2.24) is 10.3 Å². The highest BCUT2D eigenvalue weighted by atomic mass is 32.1. The topological polar surface area (TPSA) is 46.2 Å². The predicted octanol–water partition coefficient (Wildman–Crippen LogP) is 4.75. The molecule has 2 aromatic carbocycles. The fourth-order valence-electron chi connectivity index (χ4n) is 2.19. The molecule has 24 heavy (non-hydrogen) atoms. The lowest BCUT2D eigenvalue weighted by atomic mass is 10.2. The zero-order valence-corrected chi connectivity index (χ0v) is 14.6. The summed E-state index contributed by atoms with van der Waals surface area (Å²) in [5.41, 5.74) is 3.21. The van der Waals surface area contributed by atoms with Crippen LogP contribution in [0, 0.1) is 0 Å². The van der Waals surface area contributed by atoms with Gasteiger partial charge in [-0.2, -0.15) is 0 Å². The number of nitrogens with one attached hydrogen (secondary N) is 2. The van der Waals surface area contributed by atoms with Gasteiger partial charge < -0.3 is 15.4 Å². The minimum Gasteiger partial charge on any atom is -0.489 e. The van der Waals surface area contributed by atoms with Crippen LogP contribution in [0.2, 0.25) is 0 Å². The minimum absolute atomic E-state index is 0.255. The lowest BCUT2D eigenvalue weighted by molar-refractivity contribution is 0.306. The average Bonchev–Trinajstić information content (AvgIpc) is 3.10. The molecule has 4 nitrogen and oxygen atoms in total. The molecule has 1 aromatic heterocycles. The van der Waals surface area contributed by atoms with Gasteiger partial charge in [-0.1, -0.05) is 30.3 Å². The van der Waals surface area contributed by atoms with Crippen LogP contribution in [0.4, 0.5) is 10.8 Å². The zero-order chi connectivity index (χ0) is 16.8. The summed E-state index contributed by atoms with van der Waals surface area (Å²) in [7, 11) is 1.94. The smallest absolute Gasteiger partial charge is 0.187 e. The van der Waals surface area contributed by atoms with E-state index in [2.05, 4.69) is 40.1 Å². The highest BCUT2D eigenvalue weighted by Crippen LogP contribution is 2.25. The van der Waals surface area contributed by atoms with Crippen LogP contribution in [-0.2, 0) is 6.61 Å². The van der Waals surface area contributed by atoms with E-state index in [1.54, 1.807) is 11.3 Å². The van der Waals surface area contributed by atoms with Gasteiger partial charge in [0.1, 0.15) is 12.4 Å². The molecule has 0 saturated carbocycles. The van der Waals surface area contributed by atoms with E-state index in [1.807, 2.05) is 49.5 Å². The van der Waals surface area contributed by atoms with Crippen LogP contribution in [0.3, 0.4) is 0 Å². The summed E-state index contributed by atoms with van der Waals surface area (Å²) >= 11 is 1.61. The Morgan fingerprint density at radius 1 is 1.08 bits per heavy atom. The van der Waals surface area contributed by atoms with E-state index in [0.717, 1.165) is 27.8 Å². The molecule has 0 radical (unpaired) electrons. The van der Waals surface area contributed by atoms with Gasteiger partial charge in [0.2, 0.25) is 0 Å². The van der Waals surface area contributed by atoms with Crippen molar-refractivity contribution in [3.63, 3.8) is 0 Å². The SMILES string of the molecule is CNC(C)c1csc(Nc2ccc(OCc3ccccc3)cc2)n1. The Balaban J connectivity index is 1.57. The molecule has 0 spiro atoms. The van der Waals surface area contributed by atoms with E-state index >= 15 is 0 Å². The number of aromatic nitrogens is 1. The van der Waals surface area contributed by atoms with E-state index in [9.17, 15) is 0 Å². The van der Waals surface area contributed by atoms with E-state index < -0.39 is 0 Å². The molecule has 1 heterocycles. The van der Waals surface area contributed by atoms with Crippen molar-refractivity contribution in [3.8, 4) is 5.75 Å². The van der Waals surface area contributed by atoms with Gasteiger partial charge in [0.15, 0.2) is 5.13 Å². The molecule has 0 aliphatic heterocycles. The first-order valence-electron chi connectivity index (χ1n) is 7.91. The monoisotopic (exact) mass is 339 g/mol. The number of nitrogens with zero attached hydrogens (tertiary/aromatic N) is 1. The Kier molecular flexibility index (Phi) is 5.46. The largest absolute Gasteiger partial charge is 0.489 e. The molecule has 0 aliphatic rings. The predicted molar refractivity (Wildman–Crippen MR) is 100 cm³/mol. The quantitative estimate of drug-likeness (QED) is 0.652. The summed E-state index contributed by atoms with van der Waals surface area (Å²) in [6.07, 6.45) is 0. The Hall–Kier alpha value is -2.37. The minimum atomic E-state index is 0.255. The summed E-state index contributed by atoms with van der Waals surface area (Å²) < 4.78 is 5.80. The molecule has 1 unspecified atom stereocenters. The van der Waals surface area contributed by atoms with Crippen molar-refractivity contribution in [2.45, 2.75) is 19.6 Å². The van der Waals surface area contributed by atoms with Gasteiger partial charge in [-0.3, -0.25) is 0 Å². The number of thiazole rings is 1. The second kappa shape index (κ2) is 7.95. The Morgan fingerprint density at radius 3 is 2.54 bits per heavy atom. The Morgan fingerprint density at radius 2 is 1.83 bits per heavy atom. The second-order valence-electron chi connectivity index (χ2n) is 5.51. The fraction of sp³-hybridized carbons (Fsp3) is 0.211. The Bertz CT molecular complexity index is 756. The molecule has 2 N–H and O–H groups in total. The normalized spacial score (nSPS) is 11.9. The fourth-order valence-corrected chi connectivity index (χ4v) is 3.01. The standard InChI is InChI=1S/C19H21N3OS/c1-14(20-2)18-13-24-19(22-18)21-16-8-10-17(11-9-16)23-12-15-6-4-3-5-7-15/h3-11,13-14,20H,12H2,1-2H3,(H,21,22). The van der Waals surface area contributed by atoms with Crippen LogP contribution in [-0.4, -0.2) is 12.0 Å². The molecule has 3 aromatic rings. The van der Waals surface area contributed by atoms with Crippen molar-refractivity contribution in [1.29, 1.82) is 0 Å². The molecule has 0 aliphatic carbocycles. The zero-order valence-electron chi connectivity index (χ0n) is 13.8. The van der Waals surface area contributed by atoms with Gasteiger partial charge in [0.25, 0.3) is 0 Å². The second-order valence-corrected chi connectivity index (χ2v) is 6.37. The summed E-state index contributed by atoms with van der Waals surface area (Å²) in [4.78, 5) is 4.59. The maximum absolute atomic E-state index is 5.80. The van der Waals surface area contributed by atoms with E-state index in [0.29, 0.717) is 6.61 Å². The van der Waals surface area contributed by atoms with E-state index in [4.69, 9.17) is 4.74 Å². The summed E-state index contributed by atoms with van der Waals surface area (Å²) in [6.45, 7) is 2.67. The van der Waals surface area contributed by atoms with Gasteiger partial charge in [0.05, 0.1) is 5.69 Å². The van der Waals surface area contributed by atoms with Crippen molar-refractivity contribution in [3.05, 3.63) is 71.2 Å². The number of anilines is 2. The first kappa shape index (κ1) is 16.5. The molecular weight excluding hydrogens is 318 g/mol. The molecule has 0 saturated heterocycles. The van der Waals surface area contributed by atoms with Crippen molar-refractivity contribution >= 4 is 22.2 Å². The summed E-state index contributed by atoms with van der Waals surface area (Å²) in [5.74, 6) is 0.855. The average molecular weight is 339 g/mol. The molecule has 124 valence electrons. The first-order chi connectivity index (χ1) is 11.7. The number of ether oxygens (including phenoxy) is 1. The number of benzene rings is 2. The third kappa shape index (κ3) is 4.34. The molecule has 1 atom stereocenters. The third-order valence-corrected chi connectivity index (χ3v) is 4.53. The molecule has 3 rings (SSSR count). The van der Waals surface area contributed by atoms with E-state index in [1.165, 1.54) is 0 Å². The third-order valence-electron chi connectivity index (χ3n) is 3.75. The Labute approximate surface area is 146 Å². The van der Waals surface area contributed by atoms with Gasteiger partial charge >= 0.3 is 0 Å². The van der Waals surface area contributed by atoms with Crippen LogP contribution in [0.5, 0.6) is 5.75 Å². The van der Waals surface area contributed by atoms with Crippen LogP contribution in [0.15, 0.2) is 60.0 Å². The molecule has 0 amide bonds. The number of hydrogen-bond acceptors (Lipinski definition) is 5. The summed E-state index contributed by atoms with van der Waals surface area (Å²) in [5, 5.41) is 9.49. The van der Waals surface area contributed by atoms with E-state index in [-0.39, 0.29) is 6.04 Å². The van der Waals surface area contributed by atoms with Gasteiger partial charge in [-0.25, -0.2) is 4.98 Å². The van der Waals surface area contributed by atoms with Gasteiger partial charge in [-0.15, -0.1) is 11.3 Å². The maximum atomic E-state index is 5.80. The van der Waals surface area contributed by atoms with Crippen LogP contribution in [0.1, 0.15) is 24.2 Å². The van der Waals surface area contributed by atoms with Gasteiger partial charge in [-0.05, 0) is 43.8 Å². The van der Waals surface area contributed by atoms with Crippen molar-refractivity contribution in [2.75, 3.05) is 12.4 Å². The van der Waals surface area contributed by atoms with Crippen LogP contribution >= 0.6 is 11.3 Å². The van der Waals surface area contributed by atoms with Crippen LogP contribution < -0.4 is 15.4 Å². The number of rotatable bonds is 7. The van der Waals surface area contributed by atoms with Gasteiger partial charge in [0, 0.05) is 17.1 Å². The van der Waals surface area contributed by atoms with Crippen LogP contribution in [0.25, 0.3) is 0 Å². The summed E-state index contributed by atoms with van der Waals surface area (Å²) in [6, 6.07) is 18.4.